The number of carbonyl (C=O) groups is 3. The minimum atomic E-state index is -1.71. The number of rotatable bonds is 7. The largest absolute Gasteiger partial charge is 0.494 e. The third-order valence-electron chi connectivity index (χ3n) is 7.71. The summed E-state index contributed by atoms with van der Waals surface area (Å²) in [7, 11) is 0. The van der Waals surface area contributed by atoms with E-state index < -0.39 is 41.0 Å². The molecule has 0 spiro atoms. The molecule has 1 fully saturated rings. The third-order valence-corrected chi connectivity index (χ3v) is 7.71. The SMILES string of the molecule is CCOc1ccccc1C1C(C(=O)Nc2cc(C)ccc2C)C(=O)CC(C)(O)C1C(=O)Nc1cc(C)ccc1C. The topological polar surface area (TPSA) is 105 Å². The van der Waals surface area contributed by atoms with Crippen LogP contribution >= 0.6 is 0 Å². The number of Topliss-reactive ketones (excluding diaryl/α,β-unsaturated/α-hetero) is 1. The molecule has 0 radical (unpaired) electrons. The standard InChI is InChI=1S/C33H38N2O5/c1-7-40-27-11-9-8-10-23(27)28-29(31(37)34-24-16-19(2)12-14-21(24)4)26(36)18-33(6,39)30(28)32(38)35-25-17-20(3)13-15-22(25)5/h8-17,28-30,39H,7,18H2,1-6H3,(H,34,37)(H,35,38). The first-order valence-corrected chi connectivity index (χ1v) is 13.7. The number of hydrogen-bond donors (Lipinski definition) is 3. The van der Waals surface area contributed by atoms with Crippen LogP contribution in [0.1, 0.15) is 54.0 Å². The van der Waals surface area contributed by atoms with Crippen molar-refractivity contribution in [3.8, 4) is 5.75 Å². The van der Waals surface area contributed by atoms with Crippen LogP contribution in [0.5, 0.6) is 5.75 Å². The number of ketones is 1. The molecule has 4 rings (SSSR count). The molecule has 40 heavy (non-hydrogen) atoms. The van der Waals surface area contributed by atoms with Crippen molar-refractivity contribution in [2.24, 2.45) is 11.8 Å². The molecule has 210 valence electrons. The van der Waals surface area contributed by atoms with Crippen LogP contribution < -0.4 is 15.4 Å². The van der Waals surface area contributed by atoms with Gasteiger partial charge < -0.3 is 20.5 Å². The van der Waals surface area contributed by atoms with Crippen LogP contribution in [-0.4, -0.2) is 34.9 Å². The molecular formula is C33H38N2O5. The van der Waals surface area contributed by atoms with E-state index in [1.807, 2.05) is 71.0 Å². The van der Waals surface area contributed by atoms with Gasteiger partial charge in [-0.15, -0.1) is 0 Å². The van der Waals surface area contributed by atoms with Gasteiger partial charge in [0.15, 0.2) is 0 Å². The summed E-state index contributed by atoms with van der Waals surface area (Å²) in [4.78, 5) is 41.7. The number of para-hydroxylation sites is 1. The van der Waals surface area contributed by atoms with E-state index in [9.17, 15) is 19.5 Å². The maximum absolute atomic E-state index is 14.1. The molecule has 3 aromatic carbocycles. The Labute approximate surface area is 236 Å². The van der Waals surface area contributed by atoms with Crippen LogP contribution in [0.4, 0.5) is 11.4 Å². The molecule has 0 bridgehead atoms. The molecule has 4 unspecified atom stereocenters. The molecule has 0 aliphatic heterocycles. The van der Waals surface area contributed by atoms with Gasteiger partial charge in [0.2, 0.25) is 11.8 Å². The lowest BCUT2D eigenvalue weighted by Gasteiger charge is -2.44. The van der Waals surface area contributed by atoms with E-state index >= 15 is 0 Å². The monoisotopic (exact) mass is 542 g/mol. The number of anilines is 2. The van der Waals surface area contributed by atoms with E-state index in [1.165, 1.54) is 6.92 Å². The molecule has 1 aliphatic rings. The number of benzene rings is 3. The van der Waals surface area contributed by atoms with Gasteiger partial charge in [-0.25, -0.2) is 0 Å². The van der Waals surface area contributed by atoms with Crippen molar-refractivity contribution in [1.82, 2.24) is 0 Å². The van der Waals surface area contributed by atoms with Crippen molar-refractivity contribution in [2.45, 2.75) is 59.5 Å². The van der Waals surface area contributed by atoms with Crippen molar-refractivity contribution < 1.29 is 24.2 Å². The summed E-state index contributed by atoms with van der Waals surface area (Å²) in [6.07, 6.45) is -0.337. The average molecular weight is 543 g/mol. The Kier molecular flexibility index (Phi) is 8.45. The normalized spacial score (nSPS) is 22.5. The first kappa shape index (κ1) is 29.0. The Morgan fingerprint density at radius 2 is 1.45 bits per heavy atom. The summed E-state index contributed by atoms with van der Waals surface area (Å²) in [5.74, 6) is -4.28. The highest BCUT2D eigenvalue weighted by atomic mass is 16.5. The van der Waals surface area contributed by atoms with E-state index in [4.69, 9.17) is 4.74 Å². The van der Waals surface area contributed by atoms with Crippen LogP contribution in [0.15, 0.2) is 60.7 Å². The van der Waals surface area contributed by atoms with Gasteiger partial charge in [-0.1, -0.05) is 42.5 Å². The fourth-order valence-corrected chi connectivity index (χ4v) is 5.67. The van der Waals surface area contributed by atoms with E-state index in [0.717, 1.165) is 22.3 Å². The summed E-state index contributed by atoms with van der Waals surface area (Å²) in [6, 6.07) is 18.5. The van der Waals surface area contributed by atoms with Gasteiger partial charge in [0.25, 0.3) is 0 Å². The van der Waals surface area contributed by atoms with Crippen molar-refractivity contribution in [1.29, 1.82) is 0 Å². The zero-order valence-electron chi connectivity index (χ0n) is 24.0. The lowest BCUT2D eigenvalue weighted by Crippen LogP contribution is -2.56. The van der Waals surface area contributed by atoms with Gasteiger partial charge in [-0.2, -0.15) is 0 Å². The number of carbonyl (C=O) groups excluding carboxylic acids is 3. The molecule has 0 heterocycles. The quantitative estimate of drug-likeness (QED) is 0.336. The fourth-order valence-electron chi connectivity index (χ4n) is 5.67. The van der Waals surface area contributed by atoms with Gasteiger partial charge in [0.05, 0.1) is 18.1 Å². The zero-order chi connectivity index (χ0) is 29.2. The van der Waals surface area contributed by atoms with Crippen LogP contribution in [0.2, 0.25) is 0 Å². The second kappa shape index (κ2) is 11.6. The van der Waals surface area contributed by atoms with Crippen LogP contribution in [0.3, 0.4) is 0 Å². The highest BCUT2D eigenvalue weighted by Gasteiger charge is 2.56. The maximum Gasteiger partial charge on any atom is 0.235 e. The van der Waals surface area contributed by atoms with E-state index in [0.29, 0.717) is 29.3 Å². The third kappa shape index (κ3) is 5.94. The van der Waals surface area contributed by atoms with E-state index in [1.54, 1.807) is 24.3 Å². The van der Waals surface area contributed by atoms with E-state index in [2.05, 4.69) is 10.6 Å². The lowest BCUT2D eigenvalue weighted by molar-refractivity contribution is -0.150. The van der Waals surface area contributed by atoms with E-state index in [-0.39, 0.29) is 6.42 Å². The maximum atomic E-state index is 14.1. The number of nitrogens with one attached hydrogen (secondary N) is 2. The summed E-state index contributed by atoms with van der Waals surface area (Å²) >= 11 is 0. The van der Waals surface area contributed by atoms with Gasteiger partial charge in [-0.3, -0.25) is 14.4 Å². The Morgan fingerprint density at radius 1 is 0.900 bits per heavy atom. The van der Waals surface area contributed by atoms with Crippen LogP contribution in [0, 0.1) is 39.5 Å². The van der Waals surface area contributed by atoms with Crippen molar-refractivity contribution in [2.75, 3.05) is 17.2 Å². The molecule has 1 aliphatic carbocycles. The van der Waals surface area contributed by atoms with Crippen LogP contribution in [-0.2, 0) is 14.4 Å². The van der Waals surface area contributed by atoms with Gasteiger partial charge >= 0.3 is 0 Å². The molecule has 3 aromatic rings. The molecule has 0 aromatic heterocycles. The highest BCUT2D eigenvalue weighted by molar-refractivity contribution is 6.11. The summed E-state index contributed by atoms with van der Waals surface area (Å²) in [5, 5.41) is 17.6. The van der Waals surface area contributed by atoms with Gasteiger partial charge in [-0.05, 0) is 87.6 Å². The second-order valence-electron chi connectivity index (χ2n) is 11.1. The smallest absolute Gasteiger partial charge is 0.235 e. The number of aryl methyl sites for hydroxylation is 4. The minimum absolute atomic E-state index is 0.337. The first-order chi connectivity index (χ1) is 18.9. The van der Waals surface area contributed by atoms with Crippen molar-refractivity contribution >= 4 is 29.0 Å². The number of aliphatic hydroxyl groups is 1. The molecule has 7 nitrogen and oxygen atoms in total. The number of ether oxygens (including phenoxy) is 1. The second-order valence-corrected chi connectivity index (χ2v) is 11.1. The van der Waals surface area contributed by atoms with Gasteiger partial charge in [0.1, 0.15) is 17.5 Å². The minimum Gasteiger partial charge on any atom is -0.494 e. The first-order valence-electron chi connectivity index (χ1n) is 13.7. The van der Waals surface area contributed by atoms with Crippen molar-refractivity contribution in [3.05, 3.63) is 88.5 Å². The predicted molar refractivity (Wildman–Crippen MR) is 157 cm³/mol. The number of amides is 2. The molecule has 1 saturated carbocycles. The Morgan fingerprint density at radius 3 is 2.02 bits per heavy atom. The van der Waals surface area contributed by atoms with Crippen molar-refractivity contribution in [3.63, 3.8) is 0 Å². The van der Waals surface area contributed by atoms with Gasteiger partial charge in [0, 0.05) is 23.7 Å². The fraction of sp³-hybridized carbons (Fsp3) is 0.364. The summed E-state index contributed by atoms with van der Waals surface area (Å²) in [5.41, 5.74) is 3.68. The Hall–Kier alpha value is -3.97. The Bertz CT molecular complexity index is 1440. The highest BCUT2D eigenvalue weighted by Crippen LogP contribution is 2.49. The molecular weight excluding hydrogens is 504 g/mol. The molecule has 7 heteroatoms. The lowest BCUT2D eigenvalue weighted by atomic mass is 9.61. The molecule has 4 atom stereocenters. The summed E-state index contributed by atoms with van der Waals surface area (Å²) in [6.45, 7) is 11.3. The average Bonchev–Trinajstić information content (AvgIpc) is 2.87. The molecule has 3 N–H and O–H groups in total. The molecule has 2 amide bonds. The zero-order valence-corrected chi connectivity index (χ0v) is 24.0. The number of hydrogen-bond acceptors (Lipinski definition) is 5. The predicted octanol–water partition coefficient (Wildman–Crippen LogP) is 5.64. The summed E-state index contributed by atoms with van der Waals surface area (Å²) < 4.78 is 5.90. The molecule has 0 saturated heterocycles. The Balaban J connectivity index is 1.84. The van der Waals surface area contributed by atoms with Crippen LogP contribution in [0.25, 0.3) is 0 Å².